The predicted molar refractivity (Wildman–Crippen MR) is 71.0 cm³/mol. The zero-order valence-corrected chi connectivity index (χ0v) is 10.3. The molecule has 1 aromatic carbocycles. The summed E-state index contributed by atoms with van der Waals surface area (Å²) in [5, 5.41) is 0. The van der Waals surface area contributed by atoms with E-state index >= 15 is 0 Å². The fourth-order valence-corrected chi connectivity index (χ4v) is 2.26. The first-order valence-corrected chi connectivity index (χ1v) is 6.35. The molecule has 0 amide bonds. The highest BCUT2D eigenvalue weighted by Gasteiger charge is 2.22. The summed E-state index contributed by atoms with van der Waals surface area (Å²) in [6.07, 6.45) is 7.70. The van der Waals surface area contributed by atoms with Crippen molar-refractivity contribution in [3.8, 4) is 0 Å². The highest BCUT2D eigenvalue weighted by Crippen LogP contribution is 2.25. The third kappa shape index (κ3) is 2.96. The highest BCUT2D eigenvalue weighted by atomic mass is 16.1. The van der Waals surface area contributed by atoms with Crippen LogP contribution in [0, 0.1) is 0 Å². The molecule has 0 saturated carbocycles. The van der Waals surface area contributed by atoms with Crippen molar-refractivity contribution in [2.75, 3.05) is 4.90 Å². The molecule has 90 valence electrons. The molecule has 0 spiro atoms. The smallest absolute Gasteiger partial charge is 0.159 e. The molecule has 2 heteroatoms. The maximum absolute atomic E-state index is 11.5. The number of carbonyl (C=O) groups is 1. The SMILES string of the molecule is CCCCC1CC(=O)C=CN1c1ccccc1. The van der Waals surface area contributed by atoms with Gasteiger partial charge in [-0.1, -0.05) is 38.0 Å². The number of benzene rings is 1. The van der Waals surface area contributed by atoms with Crippen LogP contribution in [0.15, 0.2) is 42.6 Å². The van der Waals surface area contributed by atoms with Crippen LogP contribution in [-0.2, 0) is 4.79 Å². The Bertz CT molecular complexity index is 397. The average Bonchev–Trinajstić information content (AvgIpc) is 2.37. The zero-order chi connectivity index (χ0) is 12.1. The largest absolute Gasteiger partial charge is 0.344 e. The van der Waals surface area contributed by atoms with E-state index in [-0.39, 0.29) is 5.78 Å². The molecule has 0 N–H and O–H groups in total. The van der Waals surface area contributed by atoms with Crippen LogP contribution < -0.4 is 4.90 Å². The summed E-state index contributed by atoms with van der Waals surface area (Å²) in [6, 6.07) is 10.6. The number of rotatable bonds is 4. The number of nitrogens with zero attached hydrogens (tertiary/aromatic N) is 1. The first-order chi connectivity index (χ1) is 8.31. The van der Waals surface area contributed by atoms with E-state index in [2.05, 4.69) is 24.0 Å². The molecule has 0 bridgehead atoms. The Kier molecular flexibility index (Phi) is 3.97. The minimum absolute atomic E-state index is 0.248. The molecule has 1 aromatic rings. The van der Waals surface area contributed by atoms with Crippen LogP contribution in [0.3, 0.4) is 0 Å². The van der Waals surface area contributed by atoms with Crippen molar-refractivity contribution in [3.05, 3.63) is 42.6 Å². The van der Waals surface area contributed by atoms with E-state index < -0.39 is 0 Å². The van der Waals surface area contributed by atoms with Gasteiger partial charge in [0.05, 0.1) is 0 Å². The third-order valence-electron chi connectivity index (χ3n) is 3.20. The van der Waals surface area contributed by atoms with Crippen LogP contribution in [-0.4, -0.2) is 11.8 Å². The standard InChI is InChI=1S/C15H19NO/c1-2-3-7-14-12-15(17)10-11-16(14)13-8-5-4-6-9-13/h4-6,8-11,14H,2-3,7,12H2,1H3. The molecule has 0 aromatic heterocycles. The Labute approximate surface area is 103 Å². The first-order valence-electron chi connectivity index (χ1n) is 6.35. The molecule has 0 saturated heterocycles. The van der Waals surface area contributed by atoms with Gasteiger partial charge in [0.15, 0.2) is 5.78 Å². The van der Waals surface area contributed by atoms with Crippen molar-refractivity contribution in [2.24, 2.45) is 0 Å². The molecule has 1 aliphatic rings. The van der Waals surface area contributed by atoms with Gasteiger partial charge in [0.25, 0.3) is 0 Å². The molecule has 0 aliphatic carbocycles. The van der Waals surface area contributed by atoms with Crippen molar-refractivity contribution in [3.63, 3.8) is 0 Å². The van der Waals surface area contributed by atoms with Gasteiger partial charge >= 0.3 is 0 Å². The maximum atomic E-state index is 11.5. The van der Waals surface area contributed by atoms with Gasteiger partial charge in [0.2, 0.25) is 0 Å². The van der Waals surface area contributed by atoms with Crippen LogP contribution in [0.4, 0.5) is 5.69 Å². The van der Waals surface area contributed by atoms with Crippen molar-refractivity contribution in [1.82, 2.24) is 0 Å². The van der Waals surface area contributed by atoms with E-state index in [1.54, 1.807) is 6.08 Å². The summed E-state index contributed by atoms with van der Waals surface area (Å²) < 4.78 is 0. The van der Waals surface area contributed by atoms with E-state index in [9.17, 15) is 4.79 Å². The second kappa shape index (κ2) is 5.67. The Morgan fingerprint density at radius 1 is 1.29 bits per heavy atom. The van der Waals surface area contributed by atoms with Gasteiger partial charge in [-0.15, -0.1) is 0 Å². The Balaban J connectivity index is 2.17. The number of anilines is 1. The van der Waals surface area contributed by atoms with E-state index in [4.69, 9.17) is 0 Å². The normalized spacial score (nSPS) is 19.7. The molecule has 0 radical (unpaired) electrons. The summed E-state index contributed by atoms with van der Waals surface area (Å²) in [7, 11) is 0. The van der Waals surface area contributed by atoms with E-state index in [0.29, 0.717) is 12.5 Å². The van der Waals surface area contributed by atoms with E-state index in [1.165, 1.54) is 18.5 Å². The van der Waals surface area contributed by atoms with Gasteiger partial charge in [-0.25, -0.2) is 0 Å². The summed E-state index contributed by atoms with van der Waals surface area (Å²) in [5.74, 6) is 0.248. The van der Waals surface area contributed by atoms with E-state index in [1.807, 2.05) is 24.4 Å². The fraction of sp³-hybridized carbons (Fsp3) is 0.400. The topological polar surface area (TPSA) is 20.3 Å². The average molecular weight is 229 g/mol. The van der Waals surface area contributed by atoms with Crippen molar-refractivity contribution >= 4 is 11.5 Å². The number of allylic oxidation sites excluding steroid dienone is 1. The predicted octanol–water partition coefficient (Wildman–Crippen LogP) is 3.54. The zero-order valence-electron chi connectivity index (χ0n) is 10.3. The van der Waals surface area contributed by atoms with Gasteiger partial charge in [0, 0.05) is 24.4 Å². The number of hydrogen-bond donors (Lipinski definition) is 0. The number of para-hydroxylation sites is 1. The monoisotopic (exact) mass is 229 g/mol. The first kappa shape index (κ1) is 11.9. The second-order valence-corrected chi connectivity index (χ2v) is 4.53. The van der Waals surface area contributed by atoms with Crippen molar-refractivity contribution in [2.45, 2.75) is 38.6 Å². The highest BCUT2D eigenvalue weighted by molar-refractivity contribution is 5.92. The number of unbranched alkanes of at least 4 members (excludes halogenated alkanes) is 1. The van der Waals surface area contributed by atoms with Crippen LogP contribution in [0.1, 0.15) is 32.6 Å². The molecule has 2 nitrogen and oxygen atoms in total. The van der Waals surface area contributed by atoms with Crippen LogP contribution in [0.2, 0.25) is 0 Å². The number of carbonyl (C=O) groups excluding carboxylic acids is 1. The molecule has 0 fully saturated rings. The molecule has 17 heavy (non-hydrogen) atoms. The lowest BCUT2D eigenvalue weighted by atomic mass is 9.99. The van der Waals surface area contributed by atoms with Crippen LogP contribution in [0.25, 0.3) is 0 Å². The molecular weight excluding hydrogens is 210 g/mol. The van der Waals surface area contributed by atoms with Gasteiger partial charge in [-0.05, 0) is 24.6 Å². The van der Waals surface area contributed by atoms with Gasteiger partial charge in [-0.3, -0.25) is 4.79 Å². The van der Waals surface area contributed by atoms with Crippen LogP contribution in [0.5, 0.6) is 0 Å². The minimum atomic E-state index is 0.248. The summed E-state index contributed by atoms with van der Waals surface area (Å²) in [6.45, 7) is 2.19. The molecule has 2 rings (SSSR count). The Hall–Kier alpha value is -1.57. The molecule has 1 heterocycles. The lowest BCUT2D eigenvalue weighted by Gasteiger charge is -2.32. The third-order valence-corrected chi connectivity index (χ3v) is 3.20. The Morgan fingerprint density at radius 2 is 2.06 bits per heavy atom. The Morgan fingerprint density at radius 3 is 2.76 bits per heavy atom. The lowest BCUT2D eigenvalue weighted by molar-refractivity contribution is -0.115. The number of ketones is 1. The van der Waals surface area contributed by atoms with Crippen molar-refractivity contribution in [1.29, 1.82) is 0 Å². The van der Waals surface area contributed by atoms with Crippen molar-refractivity contribution < 1.29 is 4.79 Å². The van der Waals surface area contributed by atoms with E-state index in [0.717, 1.165) is 6.42 Å². The summed E-state index contributed by atoms with van der Waals surface area (Å²) in [5.41, 5.74) is 1.18. The van der Waals surface area contributed by atoms with Gasteiger partial charge in [-0.2, -0.15) is 0 Å². The second-order valence-electron chi connectivity index (χ2n) is 4.53. The van der Waals surface area contributed by atoms with Gasteiger partial charge in [0.1, 0.15) is 0 Å². The molecule has 1 atom stereocenters. The summed E-state index contributed by atoms with van der Waals surface area (Å²) in [4.78, 5) is 13.7. The van der Waals surface area contributed by atoms with Crippen LogP contribution >= 0.6 is 0 Å². The minimum Gasteiger partial charge on any atom is -0.344 e. The summed E-state index contributed by atoms with van der Waals surface area (Å²) >= 11 is 0. The lowest BCUT2D eigenvalue weighted by Crippen LogP contribution is -2.35. The molecule has 1 unspecified atom stereocenters. The maximum Gasteiger partial charge on any atom is 0.159 e. The molecular formula is C15H19NO. The fourth-order valence-electron chi connectivity index (χ4n) is 2.26. The quantitative estimate of drug-likeness (QED) is 0.787. The van der Waals surface area contributed by atoms with Gasteiger partial charge < -0.3 is 4.90 Å². The molecule has 1 aliphatic heterocycles. The number of hydrogen-bond acceptors (Lipinski definition) is 2.